The van der Waals surface area contributed by atoms with Crippen LogP contribution in [-0.2, 0) is 6.54 Å². The molecule has 34 heavy (non-hydrogen) atoms. The zero-order chi connectivity index (χ0) is 23.5. The standard InChI is InChI=1S/C26H20FN5O2/c1-17-23(25(31-34-17)18-7-9-21(27)10-8-18)26(33)29-15-20-16-32(22-5-3-2-4-6-22)30-24(20)19-11-13-28-14-12-19/h2-14,16H,15H2,1H3,(H,29,33). The maximum atomic E-state index is 13.3. The fraction of sp³-hybridized carbons (Fsp3) is 0.0769. The van der Waals surface area contributed by atoms with Crippen LogP contribution in [0.5, 0.6) is 0 Å². The molecule has 1 N–H and O–H groups in total. The molecule has 0 aliphatic heterocycles. The van der Waals surface area contributed by atoms with Gasteiger partial charge in [-0.25, -0.2) is 9.07 Å². The van der Waals surface area contributed by atoms with Crippen LogP contribution in [0.25, 0.3) is 28.2 Å². The lowest BCUT2D eigenvalue weighted by Crippen LogP contribution is -2.23. The second kappa shape index (κ2) is 9.11. The number of amides is 1. The molecular weight excluding hydrogens is 433 g/mol. The van der Waals surface area contributed by atoms with Gasteiger partial charge in [0.1, 0.15) is 22.8 Å². The molecule has 0 spiro atoms. The van der Waals surface area contributed by atoms with Crippen molar-refractivity contribution in [3.63, 3.8) is 0 Å². The van der Waals surface area contributed by atoms with Crippen molar-refractivity contribution in [1.82, 2.24) is 25.2 Å². The first-order valence-corrected chi connectivity index (χ1v) is 10.6. The maximum Gasteiger partial charge on any atom is 0.257 e. The summed E-state index contributed by atoms with van der Waals surface area (Å²) >= 11 is 0. The fourth-order valence-electron chi connectivity index (χ4n) is 3.71. The van der Waals surface area contributed by atoms with Gasteiger partial charge in [-0.05, 0) is 55.5 Å². The van der Waals surface area contributed by atoms with Crippen molar-refractivity contribution < 1.29 is 13.7 Å². The molecule has 0 saturated carbocycles. The van der Waals surface area contributed by atoms with Gasteiger partial charge in [-0.2, -0.15) is 5.10 Å². The molecule has 5 rings (SSSR count). The summed E-state index contributed by atoms with van der Waals surface area (Å²) in [7, 11) is 0. The highest BCUT2D eigenvalue weighted by Gasteiger charge is 2.22. The summed E-state index contributed by atoms with van der Waals surface area (Å²) in [5.74, 6) is -0.327. The monoisotopic (exact) mass is 453 g/mol. The number of pyridine rings is 1. The van der Waals surface area contributed by atoms with Crippen molar-refractivity contribution in [3.8, 4) is 28.2 Å². The number of carbonyl (C=O) groups is 1. The number of halogens is 1. The Labute approximate surface area is 194 Å². The molecule has 0 atom stereocenters. The molecule has 0 radical (unpaired) electrons. The summed E-state index contributed by atoms with van der Waals surface area (Å²) in [4.78, 5) is 17.2. The Balaban J connectivity index is 1.45. The van der Waals surface area contributed by atoms with E-state index in [4.69, 9.17) is 9.62 Å². The van der Waals surface area contributed by atoms with Crippen LogP contribution in [0.2, 0.25) is 0 Å². The quantitative estimate of drug-likeness (QED) is 0.392. The molecule has 5 aromatic rings. The van der Waals surface area contributed by atoms with Crippen molar-refractivity contribution in [2.75, 3.05) is 0 Å². The number of nitrogens with one attached hydrogen (secondary N) is 1. The van der Waals surface area contributed by atoms with Gasteiger partial charge in [0, 0.05) is 41.8 Å². The Morgan fingerprint density at radius 1 is 0.971 bits per heavy atom. The molecule has 1 amide bonds. The molecule has 8 heteroatoms. The number of benzene rings is 2. The SMILES string of the molecule is Cc1onc(-c2ccc(F)cc2)c1C(=O)NCc1cn(-c2ccccc2)nc1-c1ccncc1. The van der Waals surface area contributed by atoms with Crippen molar-refractivity contribution in [2.24, 2.45) is 0 Å². The number of rotatable bonds is 6. The third-order valence-electron chi connectivity index (χ3n) is 5.41. The first-order valence-electron chi connectivity index (χ1n) is 10.6. The molecule has 3 heterocycles. The van der Waals surface area contributed by atoms with E-state index in [9.17, 15) is 9.18 Å². The van der Waals surface area contributed by atoms with Crippen molar-refractivity contribution in [2.45, 2.75) is 13.5 Å². The van der Waals surface area contributed by atoms with E-state index in [2.05, 4.69) is 15.5 Å². The minimum Gasteiger partial charge on any atom is -0.360 e. The van der Waals surface area contributed by atoms with Gasteiger partial charge in [0.15, 0.2) is 0 Å². The van der Waals surface area contributed by atoms with Gasteiger partial charge in [-0.15, -0.1) is 0 Å². The number of nitrogens with zero attached hydrogens (tertiary/aromatic N) is 4. The summed E-state index contributed by atoms with van der Waals surface area (Å²) < 4.78 is 20.4. The molecule has 168 valence electrons. The maximum absolute atomic E-state index is 13.3. The van der Waals surface area contributed by atoms with Crippen LogP contribution in [0.4, 0.5) is 4.39 Å². The average Bonchev–Trinajstić information content (AvgIpc) is 3.48. The van der Waals surface area contributed by atoms with E-state index in [0.29, 0.717) is 22.6 Å². The zero-order valence-corrected chi connectivity index (χ0v) is 18.3. The second-order valence-corrected chi connectivity index (χ2v) is 7.67. The van der Waals surface area contributed by atoms with E-state index >= 15 is 0 Å². The Morgan fingerprint density at radius 3 is 2.41 bits per heavy atom. The molecule has 3 aromatic heterocycles. The van der Waals surface area contributed by atoms with Crippen LogP contribution >= 0.6 is 0 Å². The highest BCUT2D eigenvalue weighted by Crippen LogP contribution is 2.27. The molecule has 0 bridgehead atoms. The largest absolute Gasteiger partial charge is 0.360 e. The van der Waals surface area contributed by atoms with Gasteiger partial charge in [-0.3, -0.25) is 9.78 Å². The van der Waals surface area contributed by atoms with Crippen molar-refractivity contribution in [1.29, 1.82) is 0 Å². The van der Waals surface area contributed by atoms with E-state index in [1.54, 1.807) is 36.1 Å². The Morgan fingerprint density at radius 2 is 1.68 bits per heavy atom. The summed E-state index contributed by atoms with van der Waals surface area (Å²) in [6, 6.07) is 19.3. The van der Waals surface area contributed by atoms with E-state index < -0.39 is 0 Å². The second-order valence-electron chi connectivity index (χ2n) is 7.67. The number of aromatic nitrogens is 4. The number of aryl methyl sites for hydroxylation is 1. The summed E-state index contributed by atoms with van der Waals surface area (Å²) in [5, 5.41) is 11.7. The predicted octanol–water partition coefficient (Wildman–Crippen LogP) is 4.97. The van der Waals surface area contributed by atoms with Crippen LogP contribution in [0, 0.1) is 12.7 Å². The molecule has 2 aromatic carbocycles. The molecule has 7 nitrogen and oxygen atoms in total. The highest BCUT2D eigenvalue weighted by molar-refractivity contribution is 6.00. The molecule has 0 fully saturated rings. The van der Waals surface area contributed by atoms with Crippen LogP contribution < -0.4 is 5.32 Å². The average molecular weight is 453 g/mol. The summed E-state index contributed by atoms with van der Waals surface area (Å²) in [5.41, 5.74) is 4.65. The predicted molar refractivity (Wildman–Crippen MR) is 125 cm³/mol. The van der Waals surface area contributed by atoms with Crippen LogP contribution in [0.1, 0.15) is 21.7 Å². The van der Waals surface area contributed by atoms with E-state index in [1.165, 1.54) is 12.1 Å². The van der Waals surface area contributed by atoms with Crippen molar-refractivity contribution in [3.05, 3.63) is 108 Å². The third kappa shape index (κ3) is 4.21. The lowest BCUT2D eigenvalue weighted by molar-refractivity contribution is 0.0950. The molecule has 0 aliphatic rings. The molecular formula is C26H20FN5O2. The molecule has 0 saturated heterocycles. The fourth-order valence-corrected chi connectivity index (χ4v) is 3.71. The van der Waals surface area contributed by atoms with E-state index in [1.807, 2.05) is 48.7 Å². The number of carbonyl (C=O) groups excluding carboxylic acids is 1. The minimum atomic E-state index is -0.367. The van der Waals surface area contributed by atoms with Gasteiger partial charge in [0.05, 0.1) is 11.4 Å². The van der Waals surface area contributed by atoms with Crippen LogP contribution in [0.3, 0.4) is 0 Å². The van der Waals surface area contributed by atoms with Gasteiger partial charge < -0.3 is 9.84 Å². The lowest BCUT2D eigenvalue weighted by atomic mass is 10.1. The zero-order valence-electron chi connectivity index (χ0n) is 18.3. The van der Waals surface area contributed by atoms with E-state index in [-0.39, 0.29) is 18.3 Å². The normalized spacial score (nSPS) is 10.9. The van der Waals surface area contributed by atoms with Gasteiger partial charge in [0.25, 0.3) is 5.91 Å². The Hall–Kier alpha value is -4.59. The summed E-state index contributed by atoms with van der Waals surface area (Å²) in [6.07, 6.45) is 5.30. The highest BCUT2D eigenvalue weighted by atomic mass is 19.1. The Kier molecular flexibility index (Phi) is 5.70. The van der Waals surface area contributed by atoms with E-state index in [0.717, 1.165) is 22.5 Å². The molecule has 0 aliphatic carbocycles. The van der Waals surface area contributed by atoms with Gasteiger partial charge in [0.2, 0.25) is 0 Å². The lowest BCUT2D eigenvalue weighted by Gasteiger charge is -2.06. The number of hydrogen-bond acceptors (Lipinski definition) is 5. The van der Waals surface area contributed by atoms with Crippen molar-refractivity contribution >= 4 is 5.91 Å². The van der Waals surface area contributed by atoms with Gasteiger partial charge >= 0.3 is 0 Å². The topological polar surface area (TPSA) is 85.8 Å². The first kappa shape index (κ1) is 21.3. The third-order valence-corrected chi connectivity index (χ3v) is 5.41. The van der Waals surface area contributed by atoms with Gasteiger partial charge in [-0.1, -0.05) is 23.4 Å². The van der Waals surface area contributed by atoms with Crippen LogP contribution in [0.15, 0.2) is 89.8 Å². The van der Waals surface area contributed by atoms with Crippen LogP contribution in [-0.4, -0.2) is 25.8 Å². The number of hydrogen-bond donors (Lipinski definition) is 1. The first-order chi connectivity index (χ1) is 16.6. The summed E-state index contributed by atoms with van der Waals surface area (Å²) in [6.45, 7) is 1.90. The smallest absolute Gasteiger partial charge is 0.257 e. The molecule has 0 unspecified atom stereocenters. The minimum absolute atomic E-state index is 0.233. The Bertz CT molecular complexity index is 1430. The number of para-hydroxylation sites is 1.